The van der Waals surface area contributed by atoms with Gasteiger partial charge in [-0.15, -0.1) is 0 Å². The summed E-state index contributed by atoms with van der Waals surface area (Å²) in [5.74, 6) is 0.744. The largest absolute Gasteiger partial charge is 0.446 e. The number of rotatable bonds is 6. The first-order chi connectivity index (χ1) is 18.3. The number of amides is 1. The van der Waals surface area contributed by atoms with Crippen molar-refractivity contribution in [3.8, 4) is 0 Å². The summed E-state index contributed by atoms with van der Waals surface area (Å²) in [4.78, 5) is 20.8. The second-order valence-electron chi connectivity index (χ2n) is 11.2. The standard InChI is InChI=1S/C28H34N6O4/c1-28(14-19(24(35)25(28)36)21-8-9-22-26(29)30-15-31-34(21)22)12-11-16-5-6-17-7-10-23(32-20(17)13-16)33-27(37)38-18-3-2-4-18/h5-7,9-10,13,15,18-19,21,24-25,35-36H,2-4,8,11-12,14H2,1H3,(H2,29,30,31)(H,32,33,37)/t19-,21?,24-,25-,28-/m0/s1. The average Bonchev–Trinajstić information content (AvgIpc) is 3.41. The maximum Gasteiger partial charge on any atom is 0.413 e. The van der Waals surface area contributed by atoms with Gasteiger partial charge in [0, 0.05) is 11.3 Å². The third kappa shape index (κ3) is 4.52. The van der Waals surface area contributed by atoms with Crippen LogP contribution in [0.25, 0.3) is 10.9 Å². The Hall–Kier alpha value is -3.50. The van der Waals surface area contributed by atoms with Gasteiger partial charge in [0.2, 0.25) is 0 Å². The molecule has 2 fully saturated rings. The average molecular weight is 519 g/mol. The number of carbonyl (C=O) groups excluding carboxylic acids is 1. The first-order valence-corrected chi connectivity index (χ1v) is 13.4. The van der Waals surface area contributed by atoms with Gasteiger partial charge in [0.1, 0.15) is 18.3 Å². The van der Waals surface area contributed by atoms with Crippen molar-refractivity contribution >= 4 is 35.0 Å². The van der Waals surface area contributed by atoms with Gasteiger partial charge < -0.3 is 20.7 Å². The Balaban J connectivity index is 1.12. The first kappa shape index (κ1) is 24.8. The molecule has 1 aromatic heterocycles. The van der Waals surface area contributed by atoms with E-state index in [-0.39, 0.29) is 18.1 Å². The number of aryl methyl sites for hydroxylation is 1. The van der Waals surface area contributed by atoms with Crippen LogP contribution in [0.15, 0.2) is 52.2 Å². The molecule has 2 aliphatic carbocycles. The number of hydrogen-bond acceptors (Lipinski definition) is 9. The zero-order valence-corrected chi connectivity index (χ0v) is 21.5. The van der Waals surface area contributed by atoms with Crippen molar-refractivity contribution in [3.05, 3.63) is 47.7 Å². The monoisotopic (exact) mass is 518 g/mol. The zero-order valence-electron chi connectivity index (χ0n) is 21.5. The predicted molar refractivity (Wildman–Crippen MR) is 144 cm³/mol. The van der Waals surface area contributed by atoms with Crippen molar-refractivity contribution in [2.75, 3.05) is 5.32 Å². The maximum atomic E-state index is 12.1. The van der Waals surface area contributed by atoms with Gasteiger partial charge in [-0.2, -0.15) is 5.10 Å². The smallest absolute Gasteiger partial charge is 0.413 e. The number of aromatic nitrogens is 1. The highest BCUT2D eigenvalue weighted by atomic mass is 16.6. The molecule has 2 saturated carbocycles. The van der Waals surface area contributed by atoms with Crippen LogP contribution in [-0.4, -0.2) is 62.8 Å². The highest BCUT2D eigenvalue weighted by molar-refractivity contribution is 6.02. The number of nitrogens with zero attached hydrogens (tertiary/aromatic N) is 4. The Labute approximate surface area is 221 Å². The molecule has 5 atom stereocenters. The van der Waals surface area contributed by atoms with E-state index >= 15 is 0 Å². The second kappa shape index (κ2) is 9.67. The molecule has 38 heavy (non-hydrogen) atoms. The van der Waals surface area contributed by atoms with Crippen LogP contribution in [0.3, 0.4) is 0 Å². The minimum absolute atomic E-state index is 0.0130. The van der Waals surface area contributed by atoms with E-state index in [0.717, 1.165) is 47.8 Å². The Morgan fingerprint density at radius 3 is 2.87 bits per heavy atom. The third-order valence-electron chi connectivity index (χ3n) is 8.72. The van der Waals surface area contributed by atoms with Crippen molar-refractivity contribution < 1.29 is 19.7 Å². The number of hydrogen-bond donors (Lipinski definition) is 4. The van der Waals surface area contributed by atoms with E-state index in [1.807, 2.05) is 29.3 Å². The molecule has 2 aliphatic heterocycles. The van der Waals surface area contributed by atoms with Gasteiger partial charge in [-0.3, -0.25) is 10.3 Å². The number of nitrogens with two attached hydrogens (primary N) is 1. The fourth-order valence-corrected chi connectivity index (χ4v) is 6.17. The van der Waals surface area contributed by atoms with E-state index in [1.165, 1.54) is 6.34 Å². The summed E-state index contributed by atoms with van der Waals surface area (Å²) in [5.41, 5.74) is 8.20. The highest BCUT2D eigenvalue weighted by Crippen LogP contribution is 2.49. The number of anilines is 1. The fourth-order valence-electron chi connectivity index (χ4n) is 6.17. The molecule has 0 saturated heterocycles. The lowest BCUT2D eigenvalue weighted by molar-refractivity contribution is -0.0326. The number of aliphatic imine (C=N–C) groups is 1. The number of aliphatic hydroxyl groups excluding tert-OH is 2. The quantitative estimate of drug-likeness (QED) is 0.459. The van der Waals surface area contributed by atoms with Crippen LogP contribution in [0.1, 0.15) is 51.0 Å². The Morgan fingerprint density at radius 2 is 2.08 bits per heavy atom. The molecule has 3 heterocycles. The first-order valence-electron chi connectivity index (χ1n) is 13.4. The summed E-state index contributed by atoms with van der Waals surface area (Å²) in [7, 11) is 0. The molecule has 6 rings (SSSR count). The van der Waals surface area contributed by atoms with E-state index in [0.29, 0.717) is 30.9 Å². The lowest BCUT2D eigenvalue weighted by Crippen LogP contribution is -2.42. The van der Waals surface area contributed by atoms with Crippen molar-refractivity contribution in [1.82, 2.24) is 9.99 Å². The van der Waals surface area contributed by atoms with Crippen LogP contribution < -0.4 is 11.1 Å². The van der Waals surface area contributed by atoms with Gasteiger partial charge in [-0.25, -0.2) is 14.8 Å². The van der Waals surface area contributed by atoms with Gasteiger partial charge >= 0.3 is 6.09 Å². The molecule has 200 valence electrons. The number of aliphatic hydroxyl groups is 2. The van der Waals surface area contributed by atoms with E-state index in [2.05, 4.69) is 33.4 Å². The predicted octanol–water partition coefficient (Wildman–Crippen LogP) is 3.29. The SMILES string of the molecule is C[C@]1(CCc2ccc3ccc(NC(=O)OC4CCC4)nc3c2)C[C@@H](C2CC=C3C(N)=NC=NN32)[C@H](O)[C@@H]1O. The minimum atomic E-state index is -0.848. The third-order valence-corrected chi connectivity index (χ3v) is 8.72. The lowest BCUT2D eigenvalue weighted by Gasteiger charge is -2.32. The zero-order chi connectivity index (χ0) is 26.4. The van der Waals surface area contributed by atoms with Crippen LogP contribution >= 0.6 is 0 Å². The van der Waals surface area contributed by atoms with Gasteiger partial charge in [0.05, 0.1) is 29.5 Å². The molecule has 1 aromatic carbocycles. The number of amidine groups is 1. The topological polar surface area (TPSA) is 146 Å². The molecular weight excluding hydrogens is 484 g/mol. The highest BCUT2D eigenvalue weighted by Gasteiger charge is 2.53. The Bertz CT molecular complexity index is 1340. The normalized spacial score (nSPS) is 30.6. The van der Waals surface area contributed by atoms with E-state index in [1.54, 1.807) is 6.07 Å². The molecule has 0 radical (unpaired) electrons. The summed E-state index contributed by atoms with van der Waals surface area (Å²) >= 11 is 0. The van der Waals surface area contributed by atoms with Crippen molar-refractivity contribution in [1.29, 1.82) is 0 Å². The van der Waals surface area contributed by atoms with Crippen LogP contribution in [-0.2, 0) is 11.2 Å². The molecule has 2 aromatic rings. The molecule has 4 aliphatic rings. The molecule has 10 heteroatoms. The van der Waals surface area contributed by atoms with Gasteiger partial charge in [0.15, 0.2) is 5.84 Å². The van der Waals surface area contributed by atoms with Gasteiger partial charge in [0.25, 0.3) is 0 Å². The number of nitrogens with one attached hydrogen (secondary N) is 1. The summed E-state index contributed by atoms with van der Waals surface area (Å²) in [6.07, 6.45) is 7.04. The minimum Gasteiger partial charge on any atom is -0.446 e. The summed E-state index contributed by atoms with van der Waals surface area (Å²) in [5, 5.41) is 32.1. The van der Waals surface area contributed by atoms with E-state index in [4.69, 9.17) is 10.5 Å². The van der Waals surface area contributed by atoms with Crippen molar-refractivity contribution in [3.63, 3.8) is 0 Å². The number of pyridine rings is 1. The number of hydrazone groups is 1. The van der Waals surface area contributed by atoms with Crippen molar-refractivity contribution in [2.24, 2.45) is 27.2 Å². The van der Waals surface area contributed by atoms with Crippen LogP contribution in [0, 0.1) is 11.3 Å². The van der Waals surface area contributed by atoms with Crippen LogP contribution in [0.4, 0.5) is 10.6 Å². The lowest BCUT2D eigenvalue weighted by atomic mass is 9.79. The molecular formula is C28H34N6O4. The molecule has 1 unspecified atom stereocenters. The van der Waals surface area contributed by atoms with E-state index < -0.39 is 23.7 Å². The van der Waals surface area contributed by atoms with E-state index in [9.17, 15) is 15.0 Å². The summed E-state index contributed by atoms with van der Waals surface area (Å²) < 4.78 is 5.37. The summed E-state index contributed by atoms with van der Waals surface area (Å²) in [6, 6.07) is 9.75. The Kier molecular flexibility index (Phi) is 6.31. The van der Waals surface area contributed by atoms with Crippen LogP contribution in [0.5, 0.6) is 0 Å². The molecule has 0 bridgehead atoms. The second-order valence-corrected chi connectivity index (χ2v) is 11.2. The maximum absolute atomic E-state index is 12.1. The number of benzene rings is 1. The fraction of sp³-hybridized carbons (Fsp3) is 0.500. The van der Waals surface area contributed by atoms with Crippen LogP contribution in [0.2, 0.25) is 0 Å². The number of fused-ring (bicyclic) bond motifs is 2. The van der Waals surface area contributed by atoms with Gasteiger partial charge in [-0.05, 0) is 74.1 Å². The molecule has 1 amide bonds. The molecule has 5 N–H and O–H groups in total. The van der Waals surface area contributed by atoms with Gasteiger partial charge in [-0.1, -0.05) is 25.1 Å². The Morgan fingerprint density at radius 1 is 1.26 bits per heavy atom. The number of carbonyl (C=O) groups is 1. The molecule has 0 spiro atoms. The number of ether oxygens (including phenoxy) is 1. The summed E-state index contributed by atoms with van der Waals surface area (Å²) in [6.45, 7) is 2.05. The van der Waals surface area contributed by atoms with Crippen molar-refractivity contribution in [2.45, 2.75) is 76.2 Å². The molecule has 10 nitrogen and oxygen atoms in total.